The topological polar surface area (TPSA) is 91.4 Å². The van der Waals surface area contributed by atoms with E-state index >= 15 is 0 Å². The number of esters is 1. The van der Waals surface area contributed by atoms with Crippen LogP contribution in [-0.2, 0) is 9.53 Å². The number of ether oxygens (including phenoxy) is 1. The normalized spacial score (nSPS) is 11.2. The van der Waals surface area contributed by atoms with Crippen molar-refractivity contribution in [1.82, 2.24) is 0 Å². The molecule has 0 aromatic heterocycles. The highest BCUT2D eigenvalue weighted by molar-refractivity contribution is 5.95. The van der Waals surface area contributed by atoms with Crippen LogP contribution in [0.4, 0.5) is 11.4 Å². The number of carbonyl (C=O) groups is 1. The van der Waals surface area contributed by atoms with Gasteiger partial charge >= 0.3 is 5.97 Å². The average molecular weight is 419 g/mol. The molecular formula is C22H31ClN4O2. The molecule has 0 amide bonds. The molecule has 0 aliphatic heterocycles. The van der Waals surface area contributed by atoms with Gasteiger partial charge in [0, 0.05) is 37.0 Å². The Hall–Kier alpha value is -2.73. The number of aryl methyl sites for hydroxylation is 1. The van der Waals surface area contributed by atoms with Crippen LogP contribution >= 0.6 is 12.4 Å². The Morgan fingerprint density at radius 2 is 1.79 bits per heavy atom. The van der Waals surface area contributed by atoms with Gasteiger partial charge in [0.25, 0.3) is 0 Å². The van der Waals surface area contributed by atoms with Crippen molar-refractivity contribution in [2.45, 2.75) is 33.7 Å². The molecule has 0 heterocycles. The van der Waals surface area contributed by atoms with E-state index in [1.54, 1.807) is 12.1 Å². The van der Waals surface area contributed by atoms with E-state index in [0.29, 0.717) is 5.56 Å². The van der Waals surface area contributed by atoms with Crippen LogP contribution in [0.5, 0.6) is 0 Å². The molecule has 0 radical (unpaired) electrons. The highest BCUT2D eigenvalue weighted by Gasteiger charge is 2.16. The molecule has 7 heteroatoms. The lowest BCUT2D eigenvalue weighted by molar-refractivity contribution is -0.141. The summed E-state index contributed by atoms with van der Waals surface area (Å²) in [6.45, 7) is 9.83. The van der Waals surface area contributed by atoms with Gasteiger partial charge in [-0.15, -0.1) is 12.4 Å². The number of nitrogens with zero attached hydrogens (tertiary/aromatic N) is 1. The van der Waals surface area contributed by atoms with E-state index in [1.807, 2.05) is 12.1 Å². The molecule has 2 aromatic carbocycles. The van der Waals surface area contributed by atoms with Crippen molar-refractivity contribution in [2.24, 2.45) is 5.73 Å². The molecule has 1 atom stereocenters. The van der Waals surface area contributed by atoms with Crippen LogP contribution in [0, 0.1) is 12.3 Å². The molecule has 158 valence electrons. The quantitative estimate of drug-likeness (QED) is 0.321. The predicted octanol–water partition coefficient (Wildman–Crippen LogP) is 4.26. The van der Waals surface area contributed by atoms with Crippen molar-refractivity contribution in [3.63, 3.8) is 0 Å². The van der Waals surface area contributed by atoms with Gasteiger partial charge in [0.15, 0.2) is 0 Å². The fourth-order valence-electron chi connectivity index (χ4n) is 3.13. The lowest BCUT2D eigenvalue weighted by Crippen LogP contribution is -2.23. The Labute approximate surface area is 179 Å². The highest BCUT2D eigenvalue weighted by Crippen LogP contribution is 2.26. The van der Waals surface area contributed by atoms with E-state index in [2.05, 4.69) is 49.2 Å². The van der Waals surface area contributed by atoms with Gasteiger partial charge in [-0.3, -0.25) is 10.2 Å². The van der Waals surface area contributed by atoms with Crippen LogP contribution in [0.25, 0.3) is 0 Å². The summed E-state index contributed by atoms with van der Waals surface area (Å²) in [7, 11) is 0. The van der Waals surface area contributed by atoms with Crippen LogP contribution in [-0.4, -0.2) is 31.5 Å². The smallest absolute Gasteiger partial charge is 0.302 e. The second-order valence-corrected chi connectivity index (χ2v) is 6.76. The number of amidine groups is 1. The number of rotatable bonds is 9. The first-order valence-electron chi connectivity index (χ1n) is 9.54. The van der Waals surface area contributed by atoms with Gasteiger partial charge < -0.3 is 20.7 Å². The molecule has 0 aliphatic carbocycles. The van der Waals surface area contributed by atoms with Crippen molar-refractivity contribution in [2.75, 3.05) is 29.9 Å². The minimum absolute atomic E-state index is 0. The minimum Gasteiger partial charge on any atom is -0.463 e. The van der Waals surface area contributed by atoms with Gasteiger partial charge in [-0.2, -0.15) is 0 Å². The summed E-state index contributed by atoms with van der Waals surface area (Å²) in [5.74, 6) is -0.277. The SMILES string of the molecule is CCN(CC)c1cc(C)cc(C(COC(C)=O)Nc2ccc(C(=N)N)cc2)c1.Cl. The van der Waals surface area contributed by atoms with Crippen LogP contribution in [0.2, 0.25) is 0 Å². The van der Waals surface area contributed by atoms with Crippen molar-refractivity contribution < 1.29 is 9.53 Å². The maximum absolute atomic E-state index is 11.4. The number of anilines is 2. The van der Waals surface area contributed by atoms with Crippen molar-refractivity contribution >= 4 is 35.6 Å². The standard InChI is InChI=1S/C22H30N4O2.ClH/c1-5-26(6-2)20-12-15(3)11-18(13-20)21(14-28-16(4)27)25-19-9-7-17(8-10-19)22(23)24;/h7-13,21,25H,5-6,14H2,1-4H3,(H3,23,24);1H. The molecule has 1 unspecified atom stereocenters. The first kappa shape index (κ1) is 24.3. The minimum atomic E-state index is -0.310. The third kappa shape index (κ3) is 6.98. The van der Waals surface area contributed by atoms with Crippen LogP contribution in [0.15, 0.2) is 42.5 Å². The fourth-order valence-corrected chi connectivity index (χ4v) is 3.13. The summed E-state index contributed by atoms with van der Waals surface area (Å²) >= 11 is 0. The zero-order valence-electron chi connectivity index (χ0n) is 17.5. The number of hydrogen-bond acceptors (Lipinski definition) is 5. The summed E-state index contributed by atoms with van der Waals surface area (Å²) < 4.78 is 5.32. The van der Waals surface area contributed by atoms with Crippen molar-refractivity contribution in [1.29, 1.82) is 5.41 Å². The molecule has 0 saturated carbocycles. The third-order valence-electron chi connectivity index (χ3n) is 4.61. The second kappa shape index (κ2) is 11.3. The molecule has 0 saturated heterocycles. The number of nitrogen functional groups attached to an aromatic ring is 1. The van der Waals surface area contributed by atoms with Gasteiger partial charge in [-0.1, -0.05) is 6.07 Å². The molecule has 6 nitrogen and oxygen atoms in total. The Morgan fingerprint density at radius 1 is 1.17 bits per heavy atom. The van der Waals surface area contributed by atoms with Crippen LogP contribution in [0.1, 0.15) is 43.5 Å². The Bertz CT molecular complexity index is 820. The summed E-state index contributed by atoms with van der Waals surface area (Å²) in [5, 5.41) is 11.0. The molecule has 29 heavy (non-hydrogen) atoms. The van der Waals surface area contributed by atoms with E-state index in [0.717, 1.165) is 35.6 Å². The number of nitrogens with two attached hydrogens (primary N) is 1. The molecular weight excluding hydrogens is 388 g/mol. The zero-order valence-corrected chi connectivity index (χ0v) is 18.3. The number of benzene rings is 2. The summed E-state index contributed by atoms with van der Waals surface area (Å²) in [5.41, 5.74) is 10.4. The average Bonchev–Trinajstić information content (AvgIpc) is 2.66. The molecule has 4 N–H and O–H groups in total. The first-order valence-corrected chi connectivity index (χ1v) is 9.54. The van der Waals surface area contributed by atoms with Crippen LogP contribution in [0.3, 0.4) is 0 Å². The van der Waals surface area contributed by atoms with E-state index in [-0.39, 0.29) is 36.9 Å². The monoisotopic (exact) mass is 418 g/mol. The Morgan fingerprint density at radius 3 is 2.31 bits per heavy atom. The lowest BCUT2D eigenvalue weighted by atomic mass is 10.0. The van der Waals surface area contributed by atoms with Gasteiger partial charge in [0.1, 0.15) is 12.4 Å². The fraction of sp³-hybridized carbons (Fsp3) is 0.364. The molecule has 0 spiro atoms. The maximum Gasteiger partial charge on any atom is 0.302 e. The summed E-state index contributed by atoms with van der Waals surface area (Å²) in [4.78, 5) is 13.7. The number of nitrogens with one attached hydrogen (secondary N) is 2. The molecule has 0 aliphatic rings. The number of carbonyl (C=O) groups excluding carboxylic acids is 1. The first-order chi connectivity index (χ1) is 13.3. The van der Waals surface area contributed by atoms with Crippen molar-refractivity contribution in [3.8, 4) is 0 Å². The molecule has 0 fully saturated rings. The van der Waals surface area contributed by atoms with Crippen molar-refractivity contribution in [3.05, 3.63) is 59.2 Å². The van der Waals surface area contributed by atoms with Gasteiger partial charge in [0.2, 0.25) is 0 Å². The third-order valence-corrected chi connectivity index (χ3v) is 4.61. The zero-order chi connectivity index (χ0) is 20.7. The molecule has 0 bridgehead atoms. The van der Waals surface area contributed by atoms with Gasteiger partial charge in [-0.25, -0.2) is 0 Å². The van der Waals surface area contributed by atoms with E-state index in [4.69, 9.17) is 15.9 Å². The predicted molar refractivity (Wildman–Crippen MR) is 122 cm³/mol. The Balaban J connectivity index is 0.00000420. The summed E-state index contributed by atoms with van der Waals surface area (Å²) in [6.07, 6.45) is 0. The van der Waals surface area contributed by atoms with E-state index in [1.165, 1.54) is 6.92 Å². The number of hydrogen-bond donors (Lipinski definition) is 3. The maximum atomic E-state index is 11.4. The van der Waals surface area contributed by atoms with E-state index in [9.17, 15) is 4.79 Å². The summed E-state index contributed by atoms with van der Waals surface area (Å²) in [6, 6.07) is 13.6. The second-order valence-electron chi connectivity index (χ2n) is 6.76. The van der Waals surface area contributed by atoms with Gasteiger partial charge in [0.05, 0.1) is 6.04 Å². The largest absolute Gasteiger partial charge is 0.463 e. The lowest BCUT2D eigenvalue weighted by Gasteiger charge is -2.25. The molecule has 2 aromatic rings. The highest BCUT2D eigenvalue weighted by atomic mass is 35.5. The van der Waals surface area contributed by atoms with Crippen LogP contribution < -0.4 is 16.0 Å². The molecule has 2 rings (SSSR count). The van der Waals surface area contributed by atoms with E-state index < -0.39 is 0 Å². The number of halogens is 1. The Kier molecular flexibility index (Phi) is 9.48. The van der Waals surface area contributed by atoms with Gasteiger partial charge in [-0.05, 0) is 68.3 Å².